The van der Waals surface area contributed by atoms with E-state index in [0.29, 0.717) is 45.6 Å². The lowest BCUT2D eigenvalue weighted by Gasteiger charge is -2.29. The van der Waals surface area contributed by atoms with Gasteiger partial charge < -0.3 is 25.4 Å². The molecule has 1 unspecified atom stereocenters. The molecule has 8 heteroatoms. The topological polar surface area (TPSA) is 108 Å². The van der Waals surface area contributed by atoms with Crippen molar-refractivity contribution < 1.29 is 24.2 Å². The number of carbonyl (C=O) groups excluding carboxylic acids is 2. The van der Waals surface area contributed by atoms with E-state index in [1.807, 2.05) is 60.7 Å². The summed E-state index contributed by atoms with van der Waals surface area (Å²) in [5.41, 5.74) is 2.00. The maximum Gasteiger partial charge on any atom is 0.328 e. The number of amides is 3. The van der Waals surface area contributed by atoms with Crippen molar-refractivity contribution in [3.63, 3.8) is 0 Å². The van der Waals surface area contributed by atoms with Gasteiger partial charge in [0.15, 0.2) is 0 Å². The third-order valence-corrected chi connectivity index (χ3v) is 5.58. The maximum absolute atomic E-state index is 13.3. The highest BCUT2D eigenvalue weighted by atomic mass is 16.5. The van der Waals surface area contributed by atoms with Gasteiger partial charge in [-0.15, -0.1) is 0 Å². The molecule has 1 aliphatic rings. The molecule has 1 saturated heterocycles. The standard InChI is InChI=1S/C26H31N3O5/c30-24(31)14-13-22(12-11-20-7-3-1-4-8-20)27-25(32)23(19-21-9-5-2-6-10-21)28-26(33)29-15-17-34-18-16-29/h1-10,13-14,22-23H,11-12,15-19H2,(H,27,32)(H,28,33)(H,30,31)/b14-13+/t22?,23-/m0/s1. The van der Waals surface area contributed by atoms with Crippen LogP contribution in [0.3, 0.4) is 0 Å². The maximum atomic E-state index is 13.3. The van der Waals surface area contributed by atoms with Crippen LogP contribution in [0.1, 0.15) is 17.5 Å². The van der Waals surface area contributed by atoms with Crippen LogP contribution in [0.2, 0.25) is 0 Å². The highest BCUT2D eigenvalue weighted by molar-refractivity contribution is 5.88. The predicted molar refractivity (Wildman–Crippen MR) is 128 cm³/mol. The van der Waals surface area contributed by atoms with Crippen molar-refractivity contribution in [2.24, 2.45) is 0 Å². The van der Waals surface area contributed by atoms with Crippen LogP contribution in [0.5, 0.6) is 0 Å². The molecule has 0 aliphatic carbocycles. The van der Waals surface area contributed by atoms with E-state index in [1.54, 1.807) is 4.90 Å². The number of aryl methyl sites for hydroxylation is 1. The van der Waals surface area contributed by atoms with Crippen LogP contribution < -0.4 is 10.6 Å². The summed E-state index contributed by atoms with van der Waals surface area (Å²) in [5, 5.41) is 14.9. The SMILES string of the molecule is O=C(O)/C=C/C(CCc1ccccc1)NC(=O)[C@H](Cc1ccccc1)NC(=O)N1CCOCC1. The second kappa shape index (κ2) is 13.2. The Morgan fingerprint density at radius 3 is 2.18 bits per heavy atom. The van der Waals surface area contributed by atoms with Crippen molar-refractivity contribution in [2.45, 2.75) is 31.3 Å². The summed E-state index contributed by atoms with van der Waals surface area (Å²) in [6.45, 7) is 1.86. The minimum atomic E-state index is -1.08. The average Bonchev–Trinajstić information content (AvgIpc) is 2.86. The molecule has 2 aromatic rings. The Hall–Kier alpha value is -3.65. The summed E-state index contributed by atoms with van der Waals surface area (Å²) in [6.07, 6.45) is 4.02. The summed E-state index contributed by atoms with van der Waals surface area (Å²) in [5.74, 6) is -1.45. The van der Waals surface area contributed by atoms with E-state index < -0.39 is 18.1 Å². The number of ether oxygens (including phenoxy) is 1. The molecule has 0 bridgehead atoms. The van der Waals surface area contributed by atoms with E-state index in [4.69, 9.17) is 9.84 Å². The lowest BCUT2D eigenvalue weighted by atomic mass is 10.0. The zero-order valence-electron chi connectivity index (χ0n) is 19.1. The molecule has 1 fully saturated rings. The summed E-state index contributed by atoms with van der Waals surface area (Å²) in [7, 11) is 0. The minimum Gasteiger partial charge on any atom is -0.478 e. The van der Waals surface area contributed by atoms with Crippen molar-refractivity contribution >= 4 is 17.9 Å². The third-order valence-electron chi connectivity index (χ3n) is 5.58. The molecule has 180 valence electrons. The predicted octanol–water partition coefficient (Wildman–Crippen LogP) is 2.40. The van der Waals surface area contributed by atoms with E-state index >= 15 is 0 Å². The van der Waals surface area contributed by atoms with Gasteiger partial charge in [0.2, 0.25) is 5.91 Å². The van der Waals surface area contributed by atoms with Gasteiger partial charge in [-0.3, -0.25) is 4.79 Å². The Morgan fingerprint density at radius 2 is 1.56 bits per heavy atom. The normalized spacial score (nSPS) is 15.5. The number of nitrogens with zero attached hydrogens (tertiary/aromatic N) is 1. The summed E-state index contributed by atoms with van der Waals surface area (Å²) >= 11 is 0. The van der Waals surface area contributed by atoms with Gasteiger partial charge in [0, 0.05) is 31.6 Å². The number of hydrogen-bond donors (Lipinski definition) is 3. The number of benzene rings is 2. The zero-order chi connectivity index (χ0) is 24.2. The first-order valence-electron chi connectivity index (χ1n) is 11.4. The molecular formula is C26H31N3O5. The number of carboxylic acids is 1. The van der Waals surface area contributed by atoms with E-state index in [-0.39, 0.29) is 11.9 Å². The van der Waals surface area contributed by atoms with Crippen LogP contribution in [-0.4, -0.2) is 66.3 Å². The second-order valence-corrected chi connectivity index (χ2v) is 8.13. The second-order valence-electron chi connectivity index (χ2n) is 8.13. The van der Waals surface area contributed by atoms with Crippen molar-refractivity contribution in [1.82, 2.24) is 15.5 Å². The number of hydrogen-bond acceptors (Lipinski definition) is 4. The molecule has 0 radical (unpaired) electrons. The molecule has 34 heavy (non-hydrogen) atoms. The first kappa shape index (κ1) is 25.0. The molecule has 2 atom stereocenters. The molecule has 0 saturated carbocycles. The summed E-state index contributed by atoms with van der Waals surface area (Å²) in [6, 6.07) is 17.6. The van der Waals surface area contributed by atoms with Gasteiger partial charge in [0.1, 0.15) is 6.04 Å². The van der Waals surface area contributed by atoms with Gasteiger partial charge >= 0.3 is 12.0 Å². The fourth-order valence-corrected chi connectivity index (χ4v) is 3.73. The third kappa shape index (κ3) is 8.37. The van der Waals surface area contributed by atoms with E-state index in [0.717, 1.165) is 17.2 Å². The van der Waals surface area contributed by atoms with Gasteiger partial charge in [0.25, 0.3) is 0 Å². The van der Waals surface area contributed by atoms with Gasteiger partial charge in [0.05, 0.1) is 13.2 Å². The van der Waals surface area contributed by atoms with Gasteiger partial charge in [-0.25, -0.2) is 9.59 Å². The molecule has 3 rings (SSSR count). The van der Waals surface area contributed by atoms with E-state index in [1.165, 1.54) is 6.08 Å². The smallest absolute Gasteiger partial charge is 0.328 e. The minimum absolute atomic E-state index is 0.316. The van der Waals surface area contributed by atoms with Gasteiger partial charge in [-0.1, -0.05) is 66.7 Å². The van der Waals surface area contributed by atoms with Gasteiger partial charge in [-0.2, -0.15) is 0 Å². The van der Waals surface area contributed by atoms with Crippen molar-refractivity contribution in [3.8, 4) is 0 Å². The van der Waals surface area contributed by atoms with Gasteiger partial charge in [-0.05, 0) is 24.0 Å². The van der Waals surface area contributed by atoms with E-state index in [2.05, 4.69) is 10.6 Å². The highest BCUT2D eigenvalue weighted by Gasteiger charge is 2.26. The molecule has 2 aromatic carbocycles. The number of carbonyl (C=O) groups is 3. The monoisotopic (exact) mass is 465 g/mol. The van der Waals surface area contributed by atoms with Crippen LogP contribution in [0.25, 0.3) is 0 Å². The Balaban J connectivity index is 1.71. The lowest BCUT2D eigenvalue weighted by molar-refractivity contribution is -0.131. The van der Waals surface area contributed by atoms with Crippen molar-refractivity contribution in [2.75, 3.05) is 26.3 Å². The molecule has 8 nitrogen and oxygen atoms in total. The number of carboxylic acid groups (broad SMARTS) is 1. The van der Waals surface area contributed by atoms with Crippen LogP contribution in [0.15, 0.2) is 72.8 Å². The molecule has 3 N–H and O–H groups in total. The number of morpholine rings is 1. The Labute approximate surface area is 199 Å². The number of aliphatic carboxylic acids is 1. The number of rotatable bonds is 10. The first-order chi connectivity index (χ1) is 16.5. The molecule has 0 aromatic heterocycles. The Morgan fingerprint density at radius 1 is 0.941 bits per heavy atom. The quantitative estimate of drug-likeness (QED) is 0.467. The van der Waals surface area contributed by atoms with Crippen molar-refractivity contribution in [1.29, 1.82) is 0 Å². The molecular weight excluding hydrogens is 434 g/mol. The molecule has 0 spiro atoms. The molecule has 1 aliphatic heterocycles. The number of nitrogens with one attached hydrogen (secondary N) is 2. The largest absolute Gasteiger partial charge is 0.478 e. The first-order valence-corrected chi connectivity index (χ1v) is 11.4. The number of urea groups is 1. The van der Waals surface area contributed by atoms with E-state index in [9.17, 15) is 14.4 Å². The zero-order valence-corrected chi connectivity index (χ0v) is 19.1. The van der Waals surface area contributed by atoms with Crippen LogP contribution in [-0.2, 0) is 27.2 Å². The Kier molecular flexibility index (Phi) is 9.66. The summed E-state index contributed by atoms with van der Waals surface area (Å²) in [4.78, 5) is 38.8. The lowest BCUT2D eigenvalue weighted by Crippen LogP contribution is -2.55. The summed E-state index contributed by atoms with van der Waals surface area (Å²) < 4.78 is 5.30. The van der Waals surface area contributed by atoms with Crippen LogP contribution in [0, 0.1) is 0 Å². The van der Waals surface area contributed by atoms with Crippen molar-refractivity contribution in [3.05, 3.63) is 83.9 Å². The fraction of sp³-hybridized carbons (Fsp3) is 0.346. The molecule has 1 heterocycles. The average molecular weight is 466 g/mol. The Bertz CT molecular complexity index is 959. The van der Waals surface area contributed by atoms with Crippen LogP contribution in [0.4, 0.5) is 4.79 Å². The molecule has 3 amide bonds. The van der Waals surface area contributed by atoms with Crippen LogP contribution >= 0.6 is 0 Å². The fourth-order valence-electron chi connectivity index (χ4n) is 3.73. The highest BCUT2D eigenvalue weighted by Crippen LogP contribution is 2.09.